The Morgan fingerprint density at radius 3 is 2.77 bits per heavy atom. The summed E-state index contributed by atoms with van der Waals surface area (Å²) in [4.78, 5) is 11.2. The van der Waals surface area contributed by atoms with Crippen LogP contribution in [0.15, 0.2) is 0 Å². The van der Waals surface area contributed by atoms with Gasteiger partial charge in [0.15, 0.2) is 0 Å². The Balaban J connectivity index is 3.38. The van der Waals surface area contributed by atoms with Crippen molar-refractivity contribution in [2.24, 2.45) is 0 Å². The van der Waals surface area contributed by atoms with E-state index in [2.05, 4.69) is 10.6 Å². The summed E-state index contributed by atoms with van der Waals surface area (Å²) in [7, 11) is 3.51. The highest BCUT2D eigenvalue weighted by Crippen LogP contribution is 1.89. The summed E-state index contributed by atoms with van der Waals surface area (Å²) in [5, 5.41) is 5.84. The zero-order valence-electron chi connectivity index (χ0n) is 8.72. The van der Waals surface area contributed by atoms with Crippen LogP contribution >= 0.6 is 0 Å². The fraction of sp³-hybridized carbons (Fsp3) is 0.889. The Hall–Kier alpha value is -0.610. The molecule has 0 spiro atoms. The first-order valence-electron chi connectivity index (χ1n) is 4.63. The number of rotatable bonds is 7. The first-order chi connectivity index (χ1) is 6.20. The maximum atomic E-state index is 11.2. The normalized spacial score (nSPS) is 12.5. The monoisotopic (exact) mass is 188 g/mol. The molecule has 0 rings (SSSR count). The van der Waals surface area contributed by atoms with Crippen molar-refractivity contribution in [2.75, 3.05) is 27.3 Å². The number of carbonyl (C=O) groups excluding carboxylic acids is 1. The molecule has 0 aliphatic heterocycles. The van der Waals surface area contributed by atoms with Crippen LogP contribution in [0.2, 0.25) is 0 Å². The van der Waals surface area contributed by atoms with Gasteiger partial charge in [-0.3, -0.25) is 4.79 Å². The van der Waals surface area contributed by atoms with E-state index in [1.807, 2.05) is 14.0 Å². The second-order valence-corrected chi connectivity index (χ2v) is 3.13. The van der Waals surface area contributed by atoms with Crippen molar-refractivity contribution in [3.8, 4) is 0 Å². The molecule has 2 N–H and O–H groups in total. The molecule has 1 unspecified atom stereocenters. The van der Waals surface area contributed by atoms with Crippen molar-refractivity contribution in [1.29, 1.82) is 0 Å². The molecule has 0 heterocycles. The van der Waals surface area contributed by atoms with Gasteiger partial charge in [0.1, 0.15) is 0 Å². The SMILES string of the molecule is CNCCCC(=O)NC(C)COC. The lowest BCUT2D eigenvalue weighted by molar-refractivity contribution is -0.122. The number of carbonyl (C=O) groups is 1. The van der Waals surface area contributed by atoms with Crippen molar-refractivity contribution in [3.63, 3.8) is 0 Å². The Kier molecular flexibility index (Phi) is 7.63. The van der Waals surface area contributed by atoms with E-state index in [4.69, 9.17) is 4.74 Å². The van der Waals surface area contributed by atoms with E-state index < -0.39 is 0 Å². The number of nitrogens with one attached hydrogen (secondary N) is 2. The smallest absolute Gasteiger partial charge is 0.220 e. The molecular formula is C9H20N2O2. The van der Waals surface area contributed by atoms with Gasteiger partial charge in [-0.25, -0.2) is 0 Å². The predicted octanol–water partition coefficient (Wildman–Crippen LogP) is 0.137. The third-order valence-electron chi connectivity index (χ3n) is 1.65. The van der Waals surface area contributed by atoms with Gasteiger partial charge in [0, 0.05) is 19.6 Å². The Morgan fingerprint density at radius 2 is 2.23 bits per heavy atom. The minimum absolute atomic E-state index is 0.0970. The standard InChI is InChI=1S/C9H20N2O2/c1-8(7-13-3)11-9(12)5-4-6-10-2/h8,10H,4-7H2,1-3H3,(H,11,12). The van der Waals surface area contributed by atoms with Crippen molar-refractivity contribution in [3.05, 3.63) is 0 Å². The van der Waals surface area contributed by atoms with Crippen LogP contribution in [-0.2, 0) is 9.53 Å². The molecule has 0 saturated heterocycles. The summed E-state index contributed by atoms with van der Waals surface area (Å²) < 4.78 is 4.90. The quantitative estimate of drug-likeness (QED) is 0.559. The minimum atomic E-state index is 0.0970. The first kappa shape index (κ1) is 12.4. The van der Waals surface area contributed by atoms with Gasteiger partial charge in [0.25, 0.3) is 0 Å². The maximum absolute atomic E-state index is 11.2. The second kappa shape index (κ2) is 8.01. The zero-order chi connectivity index (χ0) is 10.1. The van der Waals surface area contributed by atoms with Crippen LogP contribution in [0.4, 0.5) is 0 Å². The molecule has 0 aromatic rings. The number of hydrogen-bond acceptors (Lipinski definition) is 3. The van der Waals surface area contributed by atoms with Crippen LogP contribution in [0.1, 0.15) is 19.8 Å². The Labute approximate surface area is 80.0 Å². The molecule has 4 nitrogen and oxygen atoms in total. The molecule has 0 bridgehead atoms. The average Bonchev–Trinajstić information content (AvgIpc) is 2.05. The van der Waals surface area contributed by atoms with Crippen LogP contribution in [0.25, 0.3) is 0 Å². The molecule has 0 aliphatic carbocycles. The summed E-state index contributed by atoms with van der Waals surface area (Å²) in [5.74, 6) is 0.0970. The summed E-state index contributed by atoms with van der Waals surface area (Å²) in [6.07, 6.45) is 1.46. The minimum Gasteiger partial charge on any atom is -0.383 e. The van der Waals surface area contributed by atoms with Crippen LogP contribution in [0.5, 0.6) is 0 Å². The topological polar surface area (TPSA) is 50.4 Å². The third kappa shape index (κ3) is 7.74. The number of amides is 1. The van der Waals surface area contributed by atoms with Gasteiger partial charge in [-0.05, 0) is 26.9 Å². The third-order valence-corrected chi connectivity index (χ3v) is 1.65. The summed E-state index contributed by atoms with van der Waals surface area (Å²) >= 11 is 0. The molecule has 0 aromatic carbocycles. The molecule has 13 heavy (non-hydrogen) atoms. The van der Waals surface area contributed by atoms with Gasteiger partial charge < -0.3 is 15.4 Å². The molecule has 0 saturated carbocycles. The van der Waals surface area contributed by atoms with E-state index in [9.17, 15) is 4.79 Å². The predicted molar refractivity (Wildman–Crippen MR) is 52.6 cm³/mol. The van der Waals surface area contributed by atoms with E-state index in [1.165, 1.54) is 0 Å². The van der Waals surface area contributed by atoms with Gasteiger partial charge in [-0.2, -0.15) is 0 Å². The maximum Gasteiger partial charge on any atom is 0.220 e. The van der Waals surface area contributed by atoms with E-state index in [0.717, 1.165) is 13.0 Å². The molecule has 0 fully saturated rings. The number of methoxy groups -OCH3 is 1. The highest BCUT2D eigenvalue weighted by atomic mass is 16.5. The van der Waals surface area contributed by atoms with Gasteiger partial charge in [0.2, 0.25) is 5.91 Å². The van der Waals surface area contributed by atoms with Gasteiger partial charge in [-0.15, -0.1) is 0 Å². The highest BCUT2D eigenvalue weighted by molar-refractivity contribution is 5.76. The molecule has 0 aliphatic rings. The molecule has 0 aromatic heterocycles. The average molecular weight is 188 g/mol. The summed E-state index contributed by atoms with van der Waals surface area (Å²) in [6, 6.07) is 0.104. The Morgan fingerprint density at radius 1 is 1.54 bits per heavy atom. The van der Waals surface area contributed by atoms with Crippen molar-refractivity contribution in [2.45, 2.75) is 25.8 Å². The van der Waals surface area contributed by atoms with E-state index in [0.29, 0.717) is 13.0 Å². The molecule has 78 valence electrons. The number of hydrogen-bond donors (Lipinski definition) is 2. The molecular weight excluding hydrogens is 168 g/mol. The van der Waals surface area contributed by atoms with Gasteiger partial charge in [-0.1, -0.05) is 0 Å². The fourth-order valence-electron chi connectivity index (χ4n) is 1.06. The van der Waals surface area contributed by atoms with E-state index >= 15 is 0 Å². The Bertz CT molecular complexity index is 140. The van der Waals surface area contributed by atoms with Crippen LogP contribution < -0.4 is 10.6 Å². The largest absolute Gasteiger partial charge is 0.383 e. The first-order valence-corrected chi connectivity index (χ1v) is 4.63. The van der Waals surface area contributed by atoms with Crippen molar-refractivity contribution in [1.82, 2.24) is 10.6 Å². The summed E-state index contributed by atoms with van der Waals surface area (Å²) in [6.45, 7) is 3.38. The summed E-state index contributed by atoms with van der Waals surface area (Å²) in [5.41, 5.74) is 0. The van der Waals surface area contributed by atoms with Gasteiger partial charge >= 0.3 is 0 Å². The lowest BCUT2D eigenvalue weighted by Crippen LogP contribution is -2.35. The van der Waals surface area contributed by atoms with Crippen LogP contribution in [-0.4, -0.2) is 39.3 Å². The van der Waals surface area contributed by atoms with E-state index in [1.54, 1.807) is 7.11 Å². The van der Waals surface area contributed by atoms with Crippen molar-refractivity contribution < 1.29 is 9.53 Å². The highest BCUT2D eigenvalue weighted by Gasteiger charge is 2.05. The van der Waals surface area contributed by atoms with Crippen LogP contribution in [0, 0.1) is 0 Å². The van der Waals surface area contributed by atoms with Crippen molar-refractivity contribution >= 4 is 5.91 Å². The zero-order valence-corrected chi connectivity index (χ0v) is 8.72. The lowest BCUT2D eigenvalue weighted by atomic mass is 10.2. The lowest BCUT2D eigenvalue weighted by Gasteiger charge is -2.12. The molecule has 4 heteroatoms. The molecule has 1 atom stereocenters. The van der Waals surface area contributed by atoms with Gasteiger partial charge in [0.05, 0.1) is 6.61 Å². The fourth-order valence-corrected chi connectivity index (χ4v) is 1.06. The number of ether oxygens (including phenoxy) is 1. The second-order valence-electron chi connectivity index (χ2n) is 3.13. The van der Waals surface area contributed by atoms with Crippen LogP contribution in [0.3, 0.4) is 0 Å². The van der Waals surface area contributed by atoms with E-state index in [-0.39, 0.29) is 11.9 Å². The molecule has 0 radical (unpaired) electrons. The molecule has 1 amide bonds.